The zero-order valence-corrected chi connectivity index (χ0v) is 19.2. The van der Waals surface area contributed by atoms with Crippen LogP contribution in [-0.2, 0) is 10.0 Å². The van der Waals surface area contributed by atoms with Crippen molar-refractivity contribution in [3.63, 3.8) is 0 Å². The second kappa shape index (κ2) is 9.72. The molecule has 1 aromatic heterocycles. The molecule has 0 amide bonds. The Morgan fingerprint density at radius 1 is 1.18 bits per heavy atom. The van der Waals surface area contributed by atoms with E-state index < -0.39 is 38.4 Å². The zero-order valence-electron chi connectivity index (χ0n) is 16.8. The van der Waals surface area contributed by atoms with E-state index in [0.29, 0.717) is 24.1 Å². The summed E-state index contributed by atoms with van der Waals surface area (Å²) in [6.45, 7) is 0.573. The van der Waals surface area contributed by atoms with Gasteiger partial charge in [0.05, 0.1) is 16.6 Å². The quantitative estimate of drug-likeness (QED) is 0.471. The van der Waals surface area contributed by atoms with Crippen LogP contribution >= 0.6 is 22.9 Å². The average Bonchev–Trinajstić information content (AvgIpc) is 3.25. The molecule has 0 fully saturated rings. The molecule has 3 aromatic rings. The minimum absolute atomic E-state index is 0.0354. The number of hydrogen-bond acceptors (Lipinski definition) is 6. The van der Waals surface area contributed by atoms with Gasteiger partial charge in [-0.05, 0) is 42.3 Å². The molecule has 174 valence electrons. The molecule has 0 radical (unpaired) electrons. The Morgan fingerprint density at radius 2 is 1.94 bits per heavy atom. The maximum absolute atomic E-state index is 14.7. The maximum atomic E-state index is 14.7. The summed E-state index contributed by atoms with van der Waals surface area (Å²) >= 11 is 7.35. The van der Waals surface area contributed by atoms with Gasteiger partial charge >= 0.3 is 0 Å². The SMILES string of the molecule is O=S(=O)(Nc1cscn1)c1cc(Cl)c(OCC2NCCC=C2c2cc(F)cc(F)c2)cc1F. The van der Waals surface area contributed by atoms with Crippen molar-refractivity contribution in [1.82, 2.24) is 10.3 Å². The lowest BCUT2D eigenvalue weighted by atomic mass is 9.95. The second-order valence-corrected chi connectivity index (χ2v) is 9.89. The Hall–Kier alpha value is -2.60. The van der Waals surface area contributed by atoms with Crippen LogP contribution in [0.4, 0.5) is 19.0 Å². The van der Waals surface area contributed by atoms with Crippen LogP contribution in [0.5, 0.6) is 5.75 Å². The molecule has 1 unspecified atom stereocenters. The predicted molar refractivity (Wildman–Crippen MR) is 121 cm³/mol. The van der Waals surface area contributed by atoms with Gasteiger partial charge in [0, 0.05) is 17.5 Å². The van der Waals surface area contributed by atoms with Crippen molar-refractivity contribution in [3.8, 4) is 5.75 Å². The Bertz CT molecular complexity index is 1280. The Morgan fingerprint density at radius 3 is 2.64 bits per heavy atom. The van der Waals surface area contributed by atoms with Gasteiger partial charge < -0.3 is 10.1 Å². The monoisotopic (exact) mass is 515 g/mol. The van der Waals surface area contributed by atoms with Crippen LogP contribution in [0.25, 0.3) is 5.57 Å². The minimum atomic E-state index is -4.25. The summed E-state index contributed by atoms with van der Waals surface area (Å²) in [6.07, 6.45) is 2.50. The molecular formula is C21H17ClF3N3O3S2. The van der Waals surface area contributed by atoms with Gasteiger partial charge in [0.2, 0.25) is 0 Å². The first-order valence-electron chi connectivity index (χ1n) is 9.66. The Balaban J connectivity index is 1.53. The van der Waals surface area contributed by atoms with E-state index in [2.05, 4.69) is 15.0 Å². The molecule has 4 rings (SSSR count). The number of nitrogens with one attached hydrogen (secondary N) is 2. The van der Waals surface area contributed by atoms with Gasteiger partial charge in [-0.25, -0.2) is 26.6 Å². The van der Waals surface area contributed by atoms with Gasteiger partial charge in [0.1, 0.15) is 34.7 Å². The van der Waals surface area contributed by atoms with Crippen LogP contribution in [0.2, 0.25) is 5.02 Å². The first-order chi connectivity index (χ1) is 15.7. The number of benzene rings is 2. The van der Waals surface area contributed by atoms with E-state index in [1.165, 1.54) is 34.4 Å². The number of rotatable bonds is 7. The van der Waals surface area contributed by atoms with Crippen molar-refractivity contribution in [1.29, 1.82) is 0 Å². The summed E-state index contributed by atoms with van der Waals surface area (Å²) in [7, 11) is -4.25. The molecule has 6 nitrogen and oxygen atoms in total. The fraction of sp³-hybridized carbons (Fsp3) is 0.190. The third-order valence-electron chi connectivity index (χ3n) is 4.82. The molecule has 2 heterocycles. The number of ether oxygens (including phenoxy) is 1. The standard InChI is InChI=1S/C21H17ClF3N3O3S2/c22-16-7-20(33(29,30)28-21-10-32-11-27-21)17(25)8-19(16)31-9-18-15(2-1-3-26-18)12-4-13(23)6-14(24)5-12/h2,4-8,10-11,18,26,28H,1,3,9H2. The molecule has 1 aliphatic heterocycles. The van der Waals surface area contributed by atoms with E-state index in [0.717, 1.165) is 18.2 Å². The molecule has 0 spiro atoms. The lowest BCUT2D eigenvalue weighted by molar-refractivity contribution is 0.287. The van der Waals surface area contributed by atoms with E-state index in [4.69, 9.17) is 16.3 Å². The van der Waals surface area contributed by atoms with Crippen molar-refractivity contribution >= 4 is 44.4 Å². The van der Waals surface area contributed by atoms with Gasteiger partial charge in [-0.15, -0.1) is 11.3 Å². The van der Waals surface area contributed by atoms with E-state index >= 15 is 0 Å². The van der Waals surface area contributed by atoms with Gasteiger partial charge in [0.15, 0.2) is 5.82 Å². The smallest absolute Gasteiger partial charge is 0.266 e. The lowest BCUT2D eigenvalue weighted by Crippen LogP contribution is -2.38. The summed E-state index contributed by atoms with van der Waals surface area (Å²) < 4.78 is 74.8. The summed E-state index contributed by atoms with van der Waals surface area (Å²) in [5.74, 6) is -2.48. The number of aromatic nitrogens is 1. The molecule has 0 aliphatic carbocycles. The summed E-state index contributed by atoms with van der Waals surface area (Å²) in [6, 6.07) is 4.61. The highest BCUT2D eigenvalue weighted by Gasteiger charge is 2.25. The fourth-order valence-corrected chi connectivity index (χ4v) is 5.31. The first kappa shape index (κ1) is 23.6. The maximum Gasteiger partial charge on any atom is 0.266 e. The number of anilines is 1. The summed E-state index contributed by atoms with van der Waals surface area (Å²) in [5, 5.41) is 4.53. The molecule has 0 bridgehead atoms. The third-order valence-corrected chi connectivity index (χ3v) is 7.07. The zero-order chi connectivity index (χ0) is 23.6. The number of nitrogens with zero attached hydrogens (tertiary/aromatic N) is 1. The van der Waals surface area contributed by atoms with Crippen LogP contribution in [0.15, 0.2) is 52.2 Å². The second-order valence-electron chi connectivity index (χ2n) is 7.12. The van der Waals surface area contributed by atoms with Crippen LogP contribution in [0.3, 0.4) is 0 Å². The van der Waals surface area contributed by atoms with Crippen LogP contribution < -0.4 is 14.8 Å². The first-order valence-corrected chi connectivity index (χ1v) is 12.5. The molecule has 12 heteroatoms. The minimum Gasteiger partial charge on any atom is -0.490 e. The topological polar surface area (TPSA) is 80.3 Å². The number of halogens is 4. The van der Waals surface area contributed by atoms with E-state index in [-0.39, 0.29) is 23.2 Å². The van der Waals surface area contributed by atoms with Gasteiger partial charge in [-0.1, -0.05) is 17.7 Å². The Kier molecular flexibility index (Phi) is 6.94. The highest BCUT2D eigenvalue weighted by Crippen LogP contribution is 2.32. The van der Waals surface area contributed by atoms with Crippen LogP contribution in [0.1, 0.15) is 12.0 Å². The fourth-order valence-electron chi connectivity index (χ4n) is 3.38. The molecule has 2 N–H and O–H groups in total. The summed E-state index contributed by atoms with van der Waals surface area (Å²) in [4.78, 5) is 3.16. The molecule has 2 aromatic carbocycles. The average molecular weight is 516 g/mol. The predicted octanol–water partition coefficient (Wildman–Crippen LogP) is 4.84. The highest BCUT2D eigenvalue weighted by molar-refractivity contribution is 7.92. The van der Waals surface area contributed by atoms with Crippen molar-refractivity contribution in [3.05, 3.63) is 75.3 Å². The van der Waals surface area contributed by atoms with E-state index in [9.17, 15) is 21.6 Å². The largest absolute Gasteiger partial charge is 0.490 e. The van der Waals surface area contributed by atoms with Crippen LogP contribution in [-0.4, -0.2) is 32.6 Å². The normalized spacial score (nSPS) is 16.4. The lowest BCUT2D eigenvalue weighted by Gasteiger charge is -2.26. The van der Waals surface area contributed by atoms with Crippen molar-refractivity contribution in [2.24, 2.45) is 0 Å². The number of thiazole rings is 1. The van der Waals surface area contributed by atoms with Crippen molar-refractivity contribution < 1.29 is 26.3 Å². The van der Waals surface area contributed by atoms with Gasteiger partial charge in [-0.3, -0.25) is 4.72 Å². The number of hydrogen-bond donors (Lipinski definition) is 2. The molecule has 0 saturated heterocycles. The van der Waals surface area contributed by atoms with E-state index in [1.807, 2.05) is 6.08 Å². The van der Waals surface area contributed by atoms with Gasteiger partial charge in [-0.2, -0.15) is 0 Å². The van der Waals surface area contributed by atoms with E-state index in [1.54, 1.807) is 0 Å². The Labute approximate surface area is 197 Å². The highest BCUT2D eigenvalue weighted by atomic mass is 35.5. The summed E-state index contributed by atoms with van der Waals surface area (Å²) in [5.41, 5.74) is 2.42. The molecular weight excluding hydrogens is 499 g/mol. The number of sulfonamides is 1. The van der Waals surface area contributed by atoms with Gasteiger partial charge in [0.25, 0.3) is 10.0 Å². The van der Waals surface area contributed by atoms with Crippen LogP contribution in [0, 0.1) is 17.5 Å². The van der Waals surface area contributed by atoms with Crippen molar-refractivity contribution in [2.75, 3.05) is 17.9 Å². The molecule has 0 saturated carbocycles. The third kappa shape index (κ3) is 5.49. The molecule has 1 atom stereocenters. The van der Waals surface area contributed by atoms with Crippen molar-refractivity contribution in [2.45, 2.75) is 17.4 Å². The molecule has 33 heavy (non-hydrogen) atoms. The molecule has 1 aliphatic rings.